The number of nitrogens with one attached hydrogen (secondary N) is 1. The van der Waals surface area contributed by atoms with Gasteiger partial charge < -0.3 is 39.6 Å². The number of amides is 3. The molecule has 0 aliphatic carbocycles. The predicted molar refractivity (Wildman–Crippen MR) is 162 cm³/mol. The van der Waals surface area contributed by atoms with Crippen LogP contribution in [-0.4, -0.2) is 103 Å². The maximum Gasteiger partial charge on any atom is 0.291 e. The number of benzene rings is 2. The number of hydrogen-bond donors (Lipinski definition) is 2. The number of rotatable bonds is 13. The molecule has 1 saturated heterocycles. The smallest absolute Gasteiger partial charge is 0.291 e. The fourth-order valence-electron chi connectivity index (χ4n) is 4.76. The molecule has 0 radical (unpaired) electrons. The Morgan fingerprint density at radius 2 is 1.67 bits per heavy atom. The van der Waals surface area contributed by atoms with Crippen LogP contribution < -0.4 is 15.8 Å². The molecule has 1 aliphatic heterocycles. The summed E-state index contributed by atoms with van der Waals surface area (Å²) in [6.45, 7) is 3.45. The van der Waals surface area contributed by atoms with Gasteiger partial charge in [0.1, 0.15) is 0 Å². The normalized spacial score (nSPS) is 13.2. The van der Waals surface area contributed by atoms with Crippen LogP contribution in [0.3, 0.4) is 0 Å². The minimum absolute atomic E-state index is 0.0516. The zero-order valence-corrected chi connectivity index (χ0v) is 25.7. The Kier molecular flexibility index (Phi) is 11.8. The van der Waals surface area contributed by atoms with E-state index in [9.17, 15) is 23.2 Å². The van der Waals surface area contributed by atoms with Gasteiger partial charge in [0.05, 0.1) is 62.4 Å². The number of imidazole rings is 1. The van der Waals surface area contributed by atoms with Gasteiger partial charge in [0.2, 0.25) is 11.7 Å². The van der Waals surface area contributed by atoms with E-state index in [0.717, 1.165) is 0 Å². The van der Waals surface area contributed by atoms with Crippen LogP contribution >= 0.6 is 11.6 Å². The Labute approximate surface area is 264 Å². The second-order valence-electron chi connectivity index (χ2n) is 10.1. The van der Waals surface area contributed by atoms with Gasteiger partial charge in [-0.1, -0.05) is 11.6 Å². The number of nitrogens with two attached hydrogens (primary N) is 1. The van der Waals surface area contributed by atoms with Crippen molar-refractivity contribution in [3.8, 4) is 17.0 Å². The molecule has 0 bridgehead atoms. The average Bonchev–Trinajstić information content (AvgIpc) is 3.42. The highest BCUT2D eigenvalue weighted by atomic mass is 35.5. The largest absolute Gasteiger partial charge is 0.494 e. The minimum Gasteiger partial charge on any atom is -0.494 e. The van der Waals surface area contributed by atoms with Gasteiger partial charge in [-0.25, -0.2) is 9.37 Å². The van der Waals surface area contributed by atoms with E-state index < -0.39 is 17.5 Å². The van der Waals surface area contributed by atoms with E-state index in [1.165, 1.54) is 55.3 Å². The third-order valence-electron chi connectivity index (χ3n) is 7.21. The molecule has 15 heteroatoms. The average molecular weight is 649 g/mol. The summed E-state index contributed by atoms with van der Waals surface area (Å²) in [5.74, 6) is -3.56. The highest BCUT2D eigenvalue weighted by molar-refractivity contribution is 6.34. The molecule has 3 amide bonds. The summed E-state index contributed by atoms with van der Waals surface area (Å²) < 4.78 is 45.7. The zero-order valence-electron chi connectivity index (χ0n) is 25.0. The lowest BCUT2D eigenvalue weighted by Crippen LogP contribution is -2.50. The lowest BCUT2D eigenvalue weighted by Gasteiger charge is -2.35. The highest BCUT2D eigenvalue weighted by Gasteiger charge is 2.26. The third-order valence-corrected chi connectivity index (χ3v) is 7.52. The first-order valence-electron chi connectivity index (χ1n) is 14.2. The number of hydrogen-bond acceptors (Lipinski definition) is 8. The molecule has 45 heavy (non-hydrogen) atoms. The van der Waals surface area contributed by atoms with Crippen molar-refractivity contribution in [2.24, 2.45) is 12.8 Å². The van der Waals surface area contributed by atoms with Crippen molar-refractivity contribution in [3.05, 3.63) is 64.6 Å². The number of carbonyl (C=O) groups is 3. The minimum atomic E-state index is -1.15. The molecule has 2 aromatic carbocycles. The van der Waals surface area contributed by atoms with E-state index in [1.807, 2.05) is 0 Å². The van der Waals surface area contributed by atoms with Crippen LogP contribution in [0.15, 0.2) is 36.5 Å². The molecule has 1 aliphatic rings. The highest BCUT2D eigenvalue weighted by Crippen LogP contribution is 2.30. The number of carbonyl (C=O) groups excluding carboxylic acids is 3. The molecule has 2 heterocycles. The molecule has 3 N–H and O–H groups in total. The van der Waals surface area contributed by atoms with Gasteiger partial charge in [-0.05, 0) is 30.3 Å². The first-order valence-corrected chi connectivity index (χ1v) is 14.6. The summed E-state index contributed by atoms with van der Waals surface area (Å²) in [6, 6.07) is 7.09. The fourth-order valence-corrected chi connectivity index (χ4v) is 5.02. The number of halogens is 3. The molecule has 0 spiro atoms. The molecule has 3 aromatic rings. The van der Waals surface area contributed by atoms with Crippen molar-refractivity contribution in [2.75, 3.05) is 71.6 Å². The molecule has 4 rings (SSSR count). The molecular formula is C30H35ClF2N6O6. The zero-order chi connectivity index (χ0) is 32.5. The van der Waals surface area contributed by atoms with E-state index in [0.29, 0.717) is 58.2 Å². The lowest BCUT2D eigenvalue weighted by molar-refractivity contribution is -0.133. The summed E-state index contributed by atoms with van der Waals surface area (Å²) in [5.41, 5.74) is 5.99. The topological polar surface area (TPSA) is 141 Å². The quantitative estimate of drug-likeness (QED) is 0.270. The Hall–Kier alpha value is -4.11. The van der Waals surface area contributed by atoms with Crippen LogP contribution in [-0.2, 0) is 21.3 Å². The second kappa shape index (κ2) is 15.8. The number of piperazine rings is 1. The van der Waals surface area contributed by atoms with Gasteiger partial charge in [-0.3, -0.25) is 14.4 Å². The molecule has 0 atom stereocenters. The van der Waals surface area contributed by atoms with Gasteiger partial charge in [0.25, 0.3) is 11.8 Å². The summed E-state index contributed by atoms with van der Waals surface area (Å²) in [4.78, 5) is 46.1. The first kappa shape index (κ1) is 33.8. The van der Waals surface area contributed by atoms with Crippen LogP contribution in [0.25, 0.3) is 11.3 Å². The molecular weight excluding hydrogens is 614 g/mol. The number of anilines is 1. The summed E-state index contributed by atoms with van der Waals surface area (Å²) in [6.07, 6.45) is 1.50. The van der Waals surface area contributed by atoms with Crippen molar-refractivity contribution in [1.29, 1.82) is 0 Å². The van der Waals surface area contributed by atoms with E-state index in [2.05, 4.69) is 10.3 Å². The van der Waals surface area contributed by atoms with E-state index >= 15 is 0 Å². The molecule has 1 fully saturated rings. The maximum atomic E-state index is 14.6. The summed E-state index contributed by atoms with van der Waals surface area (Å²) >= 11 is 6.43. The van der Waals surface area contributed by atoms with Crippen molar-refractivity contribution in [3.63, 3.8) is 0 Å². The monoisotopic (exact) mass is 648 g/mol. The number of nitrogens with zero attached hydrogens (tertiary/aromatic N) is 4. The number of aromatic nitrogens is 2. The van der Waals surface area contributed by atoms with Gasteiger partial charge in [-0.15, -0.1) is 0 Å². The standard InChI is InChI=1S/C30H35ClF2N6O6/c1-37-23(21-5-6-24(43-2)27(33)26(21)32)18-35-28(37)29(41)36-19-3-4-20(22(31)17-19)30(42)39-11-9-38(10-12-39)25(40)7-13-44-15-16-45-14-8-34/h3-6,17-18H,7-16,34H2,1-2H3,(H,36,41). The Balaban J connectivity index is 1.31. The molecule has 0 unspecified atom stereocenters. The van der Waals surface area contributed by atoms with Crippen molar-refractivity contribution >= 4 is 35.0 Å². The number of ether oxygens (including phenoxy) is 3. The Morgan fingerprint density at radius 1 is 0.978 bits per heavy atom. The summed E-state index contributed by atoms with van der Waals surface area (Å²) in [5, 5.41) is 2.79. The van der Waals surface area contributed by atoms with Crippen LogP contribution in [0.2, 0.25) is 5.02 Å². The van der Waals surface area contributed by atoms with Gasteiger partial charge in [-0.2, -0.15) is 4.39 Å². The van der Waals surface area contributed by atoms with Crippen molar-refractivity contribution in [1.82, 2.24) is 19.4 Å². The van der Waals surface area contributed by atoms with Crippen molar-refractivity contribution in [2.45, 2.75) is 6.42 Å². The van der Waals surface area contributed by atoms with E-state index in [4.69, 9.17) is 31.5 Å². The Morgan fingerprint density at radius 3 is 2.33 bits per heavy atom. The van der Waals surface area contributed by atoms with Crippen LogP contribution in [0, 0.1) is 11.6 Å². The van der Waals surface area contributed by atoms with Gasteiger partial charge in [0, 0.05) is 51.0 Å². The van der Waals surface area contributed by atoms with Gasteiger partial charge >= 0.3 is 0 Å². The predicted octanol–water partition coefficient (Wildman–Crippen LogP) is 2.95. The molecule has 242 valence electrons. The first-order chi connectivity index (χ1) is 21.7. The van der Waals surface area contributed by atoms with Gasteiger partial charge in [0.15, 0.2) is 17.4 Å². The molecule has 12 nitrogen and oxygen atoms in total. The van der Waals surface area contributed by atoms with Crippen LogP contribution in [0.4, 0.5) is 14.5 Å². The fraction of sp³-hybridized carbons (Fsp3) is 0.400. The molecule has 1 aromatic heterocycles. The van der Waals surface area contributed by atoms with Crippen LogP contribution in [0.1, 0.15) is 27.4 Å². The number of methoxy groups -OCH3 is 1. The lowest BCUT2D eigenvalue weighted by atomic mass is 10.1. The maximum absolute atomic E-state index is 14.6. The SMILES string of the molecule is COc1ccc(-c2cnc(C(=O)Nc3ccc(C(=O)N4CCN(C(=O)CCOCCOCCN)CC4)c(Cl)c3)n2C)c(F)c1F. The van der Waals surface area contributed by atoms with E-state index in [-0.39, 0.29) is 58.3 Å². The summed E-state index contributed by atoms with van der Waals surface area (Å²) in [7, 11) is 2.73. The second-order valence-corrected chi connectivity index (χ2v) is 10.5. The van der Waals surface area contributed by atoms with E-state index in [1.54, 1.807) is 9.80 Å². The van der Waals surface area contributed by atoms with Crippen LogP contribution in [0.5, 0.6) is 5.75 Å². The Bertz CT molecular complexity index is 1530. The van der Waals surface area contributed by atoms with Crippen molar-refractivity contribution < 1.29 is 37.4 Å². The molecule has 0 saturated carbocycles. The third kappa shape index (κ3) is 8.14.